The van der Waals surface area contributed by atoms with E-state index < -0.39 is 5.82 Å². The third-order valence-corrected chi connectivity index (χ3v) is 4.24. The monoisotopic (exact) mass is 373 g/mol. The number of halogens is 4. The molecule has 21 heavy (non-hydrogen) atoms. The molecule has 1 unspecified atom stereocenters. The number of nitrogens with one attached hydrogen (secondary N) is 1. The van der Waals surface area contributed by atoms with E-state index in [0.717, 1.165) is 12.1 Å². The van der Waals surface area contributed by atoms with Crippen LogP contribution in [0.4, 0.5) is 8.78 Å². The molecule has 1 atom stereocenters. The van der Waals surface area contributed by atoms with Gasteiger partial charge in [0.05, 0.1) is 9.50 Å². The van der Waals surface area contributed by atoms with E-state index in [0.29, 0.717) is 16.5 Å². The van der Waals surface area contributed by atoms with E-state index in [1.807, 2.05) is 6.92 Å². The van der Waals surface area contributed by atoms with Crippen molar-refractivity contribution in [2.75, 3.05) is 6.54 Å². The molecule has 0 aliphatic heterocycles. The minimum atomic E-state index is -0.433. The van der Waals surface area contributed by atoms with E-state index in [9.17, 15) is 8.78 Å². The third-order valence-electron chi connectivity index (χ3n) is 3.23. The van der Waals surface area contributed by atoms with Gasteiger partial charge in [0.2, 0.25) is 0 Å². The van der Waals surface area contributed by atoms with Gasteiger partial charge < -0.3 is 5.32 Å². The fourth-order valence-corrected chi connectivity index (χ4v) is 2.91. The maximum Gasteiger partial charge on any atom is 0.142 e. The van der Waals surface area contributed by atoms with Crippen LogP contribution in [0, 0.1) is 11.6 Å². The Kier molecular flexibility index (Phi) is 5.73. The summed E-state index contributed by atoms with van der Waals surface area (Å²) in [5, 5.41) is 3.42. The molecule has 2 rings (SSSR count). The van der Waals surface area contributed by atoms with Gasteiger partial charge in [-0.3, -0.25) is 0 Å². The van der Waals surface area contributed by atoms with E-state index in [2.05, 4.69) is 21.2 Å². The lowest BCUT2D eigenvalue weighted by Crippen LogP contribution is -2.23. The first kappa shape index (κ1) is 16.4. The van der Waals surface area contributed by atoms with E-state index in [1.54, 1.807) is 24.3 Å². The number of rotatable bonds is 5. The summed E-state index contributed by atoms with van der Waals surface area (Å²) in [6.45, 7) is 2.70. The molecule has 112 valence electrons. The molecule has 0 radical (unpaired) electrons. The second kappa shape index (κ2) is 7.34. The van der Waals surface area contributed by atoms with Crippen LogP contribution in [0.3, 0.4) is 0 Å². The Labute approximate surface area is 136 Å². The van der Waals surface area contributed by atoms with Crippen LogP contribution in [0.1, 0.15) is 24.1 Å². The lowest BCUT2D eigenvalue weighted by atomic mass is 9.98. The van der Waals surface area contributed by atoms with E-state index >= 15 is 0 Å². The first-order valence-corrected chi connectivity index (χ1v) is 7.81. The minimum absolute atomic E-state index is 0.129. The Hall–Kier alpha value is -0.970. The quantitative estimate of drug-likeness (QED) is 0.751. The molecule has 1 N–H and O–H groups in total. The minimum Gasteiger partial charge on any atom is -0.310 e. The van der Waals surface area contributed by atoms with Gasteiger partial charge in [0.15, 0.2) is 0 Å². The number of hydrogen-bond donors (Lipinski definition) is 1. The standard InChI is InChI=1S/C16H15BrClF2N/c1-2-21-15(11-4-3-5-14(20)16(11)18)9-10-6-7-13(19)12(17)8-10/h3-8,15,21H,2,9H2,1H3. The van der Waals surface area contributed by atoms with Crippen molar-refractivity contribution in [1.29, 1.82) is 0 Å². The predicted molar refractivity (Wildman–Crippen MR) is 85.6 cm³/mol. The molecule has 0 spiro atoms. The summed E-state index contributed by atoms with van der Waals surface area (Å²) in [7, 11) is 0. The van der Waals surface area contributed by atoms with Crippen molar-refractivity contribution in [3.63, 3.8) is 0 Å². The van der Waals surface area contributed by atoms with Crippen LogP contribution < -0.4 is 5.32 Å². The summed E-state index contributed by atoms with van der Waals surface area (Å²) in [4.78, 5) is 0. The van der Waals surface area contributed by atoms with Crippen LogP contribution in [0.15, 0.2) is 40.9 Å². The summed E-state index contributed by atoms with van der Waals surface area (Å²) in [6.07, 6.45) is 0.593. The van der Waals surface area contributed by atoms with Crippen molar-refractivity contribution in [3.8, 4) is 0 Å². The highest BCUT2D eigenvalue weighted by Crippen LogP contribution is 2.29. The fraction of sp³-hybridized carbons (Fsp3) is 0.250. The molecule has 0 aliphatic carbocycles. The first-order valence-electron chi connectivity index (χ1n) is 6.64. The number of hydrogen-bond acceptors (Lipinski definition) is 1. The summed E-state index contributed by atoms with van der Waals surface area (Å²) >= 11 is 9.24. The van der Waals surface area contributed by atoms with Crippen LogP contribution in [-0.4, -0.2) is 6.54 Å². The average Bonchev–Trinajstić information content (AvgIpc) is 2.45. The van der Waals surface area contributed by atoms with Crippen molar-refractivity contribution in [2.24, 2.45) is 0 Å². The van der Waals surface area contributed by atoms with Crippen molar-refractivity contribution >= 4 is 27.5 Å². The molecule has 0 heterocycles. The van der Waals surface area contributed by atoms with E-state index in [-0.39, 0.29) is 16.9 Å². The summed E-state index contributed by atoms with van der Waals surface area (Å²) in [5.74, 6) is -0.736. The lowest BCUT2D eigenvalue weighted by molar-refractivity contribution is 0.542. The largest absolute Gasteiger partial charge is 0.310 e. The Morgan fingerprint density at radius 2 is 1.95 bits per heavy atom. The van der Waals surface area contributed by atoms with Crippen LogP contribution in [0.2, 0.25) is 5.02 Å². The van der Waals surface area contributed by atoms with Gasteiger partial charge in [-0.15, -0.1) is 0 Å². The van der Waals surface area contributed by atoms with Gasteiger partial charge in [-0.1, -0.05) is 36.7 Å². The third kappa shape index (κ3) is 4.02. The van der Waals surface area contributed by atoms with Crippen molar-refractivity contribution in [3.05, 3.63) is 68.7 Å². The molecule has 0 bridgehead atoms. The molecule has 0 saturated carbocycles. The molecule has 2 aromatic carbocycles. The molecule has 0 saturated heterocycles. The SMILES string of the molecule is CCNC(Cc1ccc(F)c(Br)c1)c1cccc(F)c1Cl. The van der Waals surface area contributed by atoms with E-state index in [4.69, 9.17) is 11.6 Å². The first-order chi connectivity index (χ1) is 10.0. The highest BCUT2D eigenvalue weighted by atomic mass is 79.9. The average molecular weight is 375 g/mol. The molecule has 5 heteroatoms. The Bertz CT molecular complexity index is 634. The van der Waals surface area contributed by atoms with Gasteiger partial charge >= 0.3 is 0 Å². The summed E-state index contributed by atoms with van der Waals surface area (Å²) in [5.41, 5.74) is 1.65. The molecule has 0 amide bonds. The zero-order valence-electron chi connectivity index (χ0n) is 11.5. The second-order valence-corrected chi connectivity index (χ2v) is 5.94. The highest BCUT2D eigenvalue weighted by molar-refractivity contribution is 9.10. The van der Waals surface area contributed by atoms with Gasteiger partial charge in [-0.25, -0.2) is 8.78 Å². The molecular weight excluding hydrogens is 360 g/mol. The Balaban J connectivity index is 2.30. The molecule has 0 aromatic heterocycles. The molecule has 1 nitrogen and oxygen atoms in total. The topological polar surface area (TPSA) is 12.0 Å². The second-order valence-electron chi connectivity index (χ2n) is 4.71. The van der Waals surface area contributed by atoms with Crippen LogP contribution >= 0.6 is 27.5 Å². The molecule has 0 aliphatic rings. The van der Waals surface area contributed by atoms with Crippen molar-refractivity contribution < 1.29 is 8.78 Å². The maximum atomic E-state index is 13.6. The Morgan fingerprint density at radius 3 is 2.62 bits per heavy atom. The smallest absolute Gasteiger partial charge is 0.142 e. The van der Waals surface area contributed by atoms with E-state index in [1.165, 1.54) is 12.1 Å². The van der Waals surface area contributed by atoms with Gasteiger partial charge in [0.25, 0.3) is 0 Å². The fourth-order valence-electron chi connectivity index (χ4n) is 2.23. The molecule has 2 aromatic rings. The van der Waals surface area contributed by atoms with Gasteiger partial charge in [0, 0.05) is 6.04 Å². The zero-order chi connectivity index (χ0) is 15.4. The van der Waals surface area contributed by atoms with Crippen LogP contribution in [0.25, 0.3) is 0 Å². The van der Waals surface area contributed by atoms with Gasteiger partial charge in [-0.05, 0) is 58.2 Å². The summed E-state index contributed by atoms with van der Waals surface area (Å²) in [6, 6.07) is 9.51. The number of likely N-dealkylation sites (N-methyl/N-ethyl adjacent to an activating group) is 1. The van der Waals surface area contributed by atoms with Crippen LogP contribution in [-0.2, 0) is 6.42 Å². The van der Waals surface area contributed by atoms with Crippen molar-refractivity contribution in [2.45, 2.75) is 19.4 Å². The normalized spacial score (nSPS) is 12.4. The molecule has 0 fully saturated rings. The maximum absolute atomic E-state index is 13.6. The lowest BCUT2D eigenvalue weighted by Gasteiger charge is -2.20. The Morgan fingerprint density at radius 1 is 1.19 bits per heavy atom. The molecular formula is C16H15BrClF2N. The number of benzene rings is 2. The zero-order valence-corrected chi connectivity index (χ0v) is 13.8. The predicted octanol–water partition coefficient (Wildman–Crippen LogP) is 5.27. The van der Waals surface area contributed by atoms with Gasteiger partial charge in [0.1, 0.15) is 11.6 Å². The van der Waals surface area contributed by atoms with Gasteiger partial charge in [-0.2, -0.15) is 0 Å². The highest BCUT2D eigenvalue weighted by Gasteiger charge is 2.17. The van der Waals surface area contributed by atoms with Crippen LogP contribution in [0.5, 0.6) is 0 Å². The van der Waals surface area contributed by atoms with Crippen molar-refractivity contribution in [1.82, 2.24) is 5.32 Å². The summed E-state index contributed by atoms with van der Waals surface area (Å²) < 4.78 is 27.3.